The van der Waals surface area contributed by atoms with Crippen LogP contribution >= 0.6 is 0 Å². The molecule has 3 amide bonds. The van der Waals surface area contributed by atoms with Crippen molar-refractivity contribution >= 4 is 23.7 Å². The Morgan fingerprint density at radius 2 is 1.75 bits per heavy atom. The van der Waals surface area contributed by atoms with Gasteiger partial charge in [-0.1, -0.05) is 6.92 Å². The fraction of sp³-hybridized carbons (Fsp3) is 0.692. The van der Waals surface area contributed by atoms with Crippen LogP contribution in [0.5, 0.6) is 0 Å². The van der Waals surface area contributed by atoms with Crippen molar-refractivity contribution in [1.29, 1.82) is 0 Å². The Hall–Kier alpha value is -1.92. The zero-order valence-corrected chi connectivity index (χ0v) is 11.7. The standard InChI is InChI=1S/C13H18N2O5/c1-6-4-10(17)15(7(2)11(6)13(19)20)8-5-9(16)14(3)12(8)18/h6-8,11H,4-5H2,1-3H3,(H,19,20). The summed E-state index contributed by atoms with van der Waals surface area (Å²) in [6, 6.07) is -1.46. The number of carboxylic acid groups (broad SMARTS) is 1. The van der Waals surface area contributed by atoms with Gasteiger partial charge in [0.25, 0.3) is 5.91 Å². The van der Waals surface area contributed by atoms with Crippen LogP contribution in [0, 0.1) is 11.8 Å². The second kappa shape index (κ2) is 4.88. The molecule has 2 fully saturated rings. The number of imide groups is 1. The highest BCUT2D eigenvalue weighted by Crippen LogP contribution is 2.33. The van der Waals surface area contributed by atoms with Gasteiger partial charge in [-0.05, 0) is 12.8 Å². The Kier molecular flexibility index (Phi) is 3.54. The lowest BCUT2D eigenvalue weighted by molar-refractivity contribution is -0.159. The molecule has 2 saturated heterocycles. The fourth-order valence-electron chi connectivity index (χ4n) is 3.24. The van der Waals surface area contributed by atoms with Crippen LogP contribution in [-0.2, 0) is 19.2 Å². The van der Waals surface area contributed by atoms with Gasteiger partial charge in [-0.2, -0.15) is 0 Å². The second-order valence-corrected chi connectivity index (χ2v) is 5.60. The number of aliphatic carboxylic acids is 1. The SMILES string of the molecule is CC1CC(=O)N(C2CC(=O)N(C)C2=O)C(C)C1C(=O)O. The number of piperidine rings is 1. The van der Waals surface area contributed by atoms with Gasteiger partial charge in [0.2, 0.25) is 11.8 Å². The third kappa shape index (κ3) is 2.07. The molecule has 0 aliphatic carbocycles. The van der Waals surface area contributed by atoms with E-state index >= 15 is 0 Å². The third-order valence-electron chi connectivity index (χ3n) is 4.33. The molecule has 20 heavy (non-hydrogen) atoms. The van der Waals surface area contributed by atoms with Crippen LogP contribution in [-0.4, -0.2) is 57.7 Å². The molecular formula is C13H18N2O5. The molecule has 2 aliphatic heterocycles. The first-order chi connectivity index (χ1) is 9.25. The Balaban J connectivity index is 2.31. The molecular weight excluding hydrogens is 264 g/mol. The van der Waals surface area contributed by atoms with E-state index in [0.29, 0.717) is 0 Å². The summed E-state index contributed by atoms with van der Waals surface area (Å²) in [6.07, 6.45) is 0.0229. The van der Waals surface area contributed by atoms with Crippen molar-refractivity contribution in [3.05, 3.63) is 0 Å². The number of carbonyl (C=O) groups is 4. The van der Waals surface area contributed by atoms with Gasteiger partial charge < -0.3 is 10.0 Å². The van der Waals surface area contributed by atoms with Gasteiger partial charge >= 0.3 is 5.97 Å². The zero-order valence-electron chi connectivity index (χ0n) is 11.7. The highest BCUT2D eigenvalue weighted by atomic mass is 16.4. The van der Waals surface area contributed by atoms with E-state index in [1.807, 2.05) is 0 Å². The predicted molar refractivity (Wildman–Crippen MR) is 67.4 cm³/mol. The number of likely N-dealkylation sites (N-methyl/N-ethyl adjacent to an activating group) is 1. The topological polar surface area (TPSA) is 95.0 Å². The predicted octanol–water partition coefficient (Wildman–Crippen LogP) is -0.299. The van der Waals surface area contributed by atoms with E-state index in [0.717, 1.165) is 4.90 Å². The van der Waals surface area contributed by atoms with Crippen LogP contribution in [0.4, 0.5) is 0 Å². The van der Waals surface area contributed by atoms with Crippen molar-refractivity contribution < 1.29 is 24.3 Å². The van der Waals surface area contributed by atoms with Gasteiger partial charge in [-0.25, -0.2) is 0 Å². The molecule has 2 heterocycles. The van der Waals surface area contributed by atoms with E-state index in [4.69, 9.17) is 0 Å². The molecule has 4 unspecified atom stereocenters. The van der Waals surface area contributed by atoms with Crippen molar-refractivity contribution in [3.8, 4) is 0 Å². The number of likely N-dealkylation sites (tertiary alicyclic amines) is 2. The summed E-state index contributed by atoms with van der Waals surface area (Å²) < 4.78 is 0. The van der Waals surface area contributed by atoms with Crippen LogP contribution in [0.1, 0.15) is 26.7 Å². The number of carbonyl (C=O) groups excluding carboxylic acids is 3. The first-order valence-corrected chi connectivity index (χ1v) is 6.60. The third-order valence-corrected chi connectivity index (χ3v) is 4.33. The maximum atomic E-state index is 12.2. The lowest BCUT2D eigenvalue weighted by Gasteiger charge is -2.42. The van der Waals surface area contributed by atoms with Crippen LogP contribution in [0.2, 0.25) is 0 Å². The highest BCUT2D eigenvalue weighted by molar-refractivity contribution is 6.06. The molecule has 110 valence electrons. The van der Waals surface area contributed by atoms with Gasteiger partial charge in [-0.3, -0.25) is 24.1 Å². The van der Waals surface area contributed by atoms with E-state index in [9.17, 15) is 24.3 Å². The molecule has 0 spiro atoms. The maximum absolute atomic E-state index is 12.2. The maximum Gasteiger partial charge on any atom is 0.308 e. The molecule has 0 aromatic carbocycles. The van der Waals surface area contributed by atoms with E-state index in [1.165, 1.54) is 11.9 Å². The van der Waals surface area contributed by atoms with Gasteiger partial charge in [0.1, 0.15) is 6.04 Å². The Bertz CT molecular complexity index is 489. The largest absolute Gasteiger partial charge is 0.481 e. The Labute approximate surface area is 116 Å². The molecule has 0 saturated carbocycles. The van der Waals surface area contributed by atoms with Gasteiger partial charge in [0.15, 0.2) is 0 Å². The number of amides is 3. The lowest BCUT2D eigenvalue weighted by atomic mass is 9.80. The summed E-state index contributed by atoms with van der Waals surface area (Å²) in [6.45, 7) is 3.35. The minimum Gasteiger partial charge on any atom is -0.481 e. The monoisotopic (exact) mass is 282 g/mol. The lowest BCUT2D eigenvalue weighted by Crippen LogP contribution is -2.58. The molecule has 1 N–H and O–H groups in total. The van der Waals surface area contributed by atoms with Crippen LogP contribution in [0.25, 0.3) is 0 Å². The number of nitrogens with zero attached hydrogens (tertiary/aromatic N) is 2. The minimum atomic E-state index is -0.979. The summed E-state index contributed by atoms with van der Waals surface area (Å²) in [5.74, 6) is -3.02. The average Bonchev–Trinajstić information content (AvgIpc) is 2.56. The van der Waals surface area contributed by atoms with Crippen LogP contribution in [0.15, 0.2) is 0 Å². The van der Waals surface area contributed by atoms with Crippen molar-refractivity contribution in [2.45, 2.75) is 38.8 Å². The number of hydrogen-bond acceptors (Lipinski definition) is 4. The number of hydrogen-bond donors (Lipinski definition) is 1. The zero-order chi connectivity index (χ0) is 15.2. The molecule has 2 aliphatic rings. The molecule has 0 aromatic rings. The normalized spacial score (nSPS) is 34.9. The summed E-state index contributed by atoms with van der Waals surface area (Å²) in [5, 5.41) is 9.30. The van der Waals surface area contributed by atoms with E-state index < -0.39 is 29.9 Å². The van der Waals surface area contributed by atoms with Crippen molar-refractivity contribution in [2.75, 3.05) is 7.05 Å². The van der Waals surface area contributed by atoms with Gasteiger partial charge in [0.05, 0.1) is 12.3 Å². The summed E-state index contributed by atoms with van der Waals surface area (Å²) in [4.78, 5) is 49.4. The fourth-order valence-corrected chi connectivity index (χ4v) is 3.24. The first-order valence-electron chi connectivity index (χ1n) is 6.60. The van der Waals surface area contributed by atoms with Gasteiger partial charge in [0, 0.05) is 19.5 Å². The summed E-state index contributed by atoms with van der Waals surface area (Å²) in [5.41, 5.74) is 0. The summed E-state index contributed by atoms with van der Waals surface area (Å²) in [7, 11) is 1.38. The quantitative estimate of drug-likeness (QED) is 0.702. The Morgan fingerprint density at radius 1 is 1.15 bits per heavy atom. The van der Waals surface area contributed by atoms with Crippen LogP contribution < -0.4 is 0 Å². The molecule has 0 radical (unpaired) electrons. The smallest absolute Gasteiger partial charge is 0.308 e. The van der Waals surface area contributed by atoms with Crippen molar-refractivity contribution in [1.82, 2.24) is 9.80 Å². The minimum absolute atomic E-state index is 0.0634. The highest BCUT2D eigenvalue weighted by Gasteiger charge is 2.49. The van der Waals surface area contributed by atoms with E-state index in [-0.39, 0.29) is 30.6 Å². The molecule has 4 atom stereocenters. The van der Waals surface area contributed by atoms with Crippen molar-refractivity contribution in [2.24, 2.45) is 11.8 Å². The van der Waals surface area contributed by atoms with E-state index in [1.54, 1.807) is 13.8 Å². The van der Waals surface area contributed by atoms with Crippen molar-refractivity contribution in [3.63, 3.8) is 0 Å². The number of carboxylic acids is 1. The first kappa shape index (κ1) is 14.5. The molecule has 7 nitrogen and oxygen atoms in total. The molecule has 7 heteroatoms. The molecule has 2 rings (SSSR count). The second-order valence-electron chi connectivity index (χ2n) is 5.60. The number of rotatable bonds is 2. The Morgan fingerprint density at radius 3 is 2.20 bits per heavy atom. The summed E-state index contributed by atoms with van der Waals surface area (Å²) >= 11 is 0. The average molecular weight is 282 g/mol. The molecule has 0 aromatic heterocycles. The van der Waals surface area contributed by atoms with Gasteiger partial charge in [-0.15, -0.1) is 0 Å². The van der Waals surface area contributed by atoms with Crippen LogP contribution in [0.3, 0.4) is 0 Å². The molecule has 0 bridgehead atoms. The van der Waals surface area contributed by atoms with E-state index in [2.05, 4.69) is 0 Å².